The lowest BCUT2D eigenvalue weighted by molar-refractivity contribution is -0.121. The highest BCUT2D eigenvalue weighted by Crippen LogP contribution is 2.24. The van der Waals surface area contributed by atoms with E-state index in [-0.39, 0.29) is 19.1 Å². The summed E-state index contributed by atoms with van der Waals surface area (Å²) in [6.45, 7) is -1.43. The molecule has 19 heavy (non-hydrogen) atoms. The Hall–Kier alpha value is -0.380. The Bertz CT molecular complexity index is 367. The van der Waals surface area contributed by atoms with Crippen LogP contribution in [0.1, 0.15) is 32.1 Å². The van der Waals surface area contributed by atoms with Gasteiger partial charge in [0.15, 0.2) is 0 Å². The minimum absolute atomic E-state index is 0.0395. The molecule has 0 bridgehead atoms. The molecular formula is C10H20F3N3O2S. The summed E-state index contributed by atoms with van der Waals surface area (Å²) >= 11 is 0. The lowest BCUT2D eigenvalue weighted by Crippen LogP contribution is -2.50. The number of nitrogens with two attached hydrogens (primary N) is 1. The van der Waals surface area contributed by atoms with E-state index in [1.165, 1.54) is 0 Å². The summed E-state index contributed by atoms with van der Waals surface area (Å²) in [5.74, 6) is 0. The molecule has 1 aliphatic rings. The van der Waals surface area contributed by atoms with Crippen molar-refractivity contribution in [2.24, 2.45) is 5.73 Å². The van der Waals surface area contributed by atoms with Crippen molar-refractivity contribution in [1.29, 1.82) is 0 Å². The fourth-order valence-corrected chi connectivity index (χ4v) is 3.71. The van der Waals surface area contributed by atoms with Gasteiger partial charge in [0.1, 0.15) is 6.54 Å². The molecule has 0 heterocycles. The molecule has 0 atom stereocenters. The average Bonchev–Trinajstić information content (AvgIpc) is 2.34. The van der Waals surface area contributed by atoms with Crippen molar-refractivity contribution in [2.45, 2.75) is 44.3 Å². The van der Waals surface area contributed by atoms with Gasteiger partial charge in [0.05, 0.1) is 0 Å². The first kappa shape index (κ1) is 16.7. The smallest absolute Gasteiger partial charge is 0.329 e. The molecule has 1 saturated carbocycles. The van der Waals surface area contributed by atoms with Gasteiger partial charge in [0, 0.05) is 19.1 Å². The predicted molar refractivity (Wildman–Crippen MR) is 65.6 cm³/mol. The van der Waals surface area contributed by atoms with Crippen LogP contribution in [0.5, 0.6) is 0 Å². The van der Waals surface area contributed by atoms with Crippen LogP contribution in [0.15, 0.2) is 0 Å². The minimum atomic E-state index is -4.56. The minimum Gasteiger partial charge on any atom is -0.329 e. The van der Waals surface area contributed by atoms with Gasteiger partial charge in [0.25, 0.3) is 10.2 Å². The molecule has 1 rings (SSSR count). The molecule has 9 heteroatoms. The molecule has 0 unspecified atom stereocenters. The summed E-state index contributed by atoms with van der Waals surface area (Å²) in [7, 11) is -4.13. The Labute approximate surface area is 111 Å². The zero-order valence-corrected chi connectivity index (χ0v) is 11.4. The van der Waals surface area contributed by atoms with Gasteiger partial charge >= 0.3 is 6.18 Å². The second-order valence-corrected chi connectivity index (χ2v) is 6.34. The van der Waals surface area contributed by atoms with Gasteiger partial charge in [-0.2, -0.15) is 30.6 Å². The van der Waals surface area contributed by atoms with E-state index >= 15 is 0 Å². The van der Waals surface area contributed by atoms with Crippen molar-refractivity contribution in [3.63, 3.8) is 0 Å². The van der Waals surface area contributed by atoms with Crippen molar-refractivity contribution in [3.05, 3.63) is 0 Å². The van der Waals surface area contributed by atoms with Crippen LogP contribution in [0.3, 0.4) is 0 Å². The van der Waals surface area contributed by atoms with E-state index in [0.29, 0.717) is 12.8 Å². The molecule has 5 nitrogen and oxygen atoms in total. The number of hydrogen-bond donors (Lipinski definition) is 2. The van der Waals surface area contributed by atoms with E-state index in [1.54, 1.807) is 4.72 Å². The van der Waals surface area contributed by atoms with Crippen molar-refractivity contribution in [1.82, 2.24) is 9.03 Å². The van der Waals surface area contributed by atoms with Gasteiger partial charge in [-0.05, 0) is 12.8 Å². The maximum Gasteiger partial charge on any atom is 0.402 e. The van der Waals surface area contributed by atoms with E-state index in [0.717, 1.165) is 23.6 Å². The fraction of sp³-hybridized carbons (Fsp3) is 1.00. The molecule has 1 aliphatic carbocycles. The maximum atomic E-state index is 12.1. The summed E-state index contributed by atoms with van der Waals surface area (Å²) in [6.07, 6.45) is -0.405. The first-order chi connectivity index (χ1) is 8.76. The van der Waals surface area contributed by atoms with E-state index in [1.807, 2.05) is 0 Å². The molecule has 0 spiro atoms. The largest absolute Gasteiger partial charge is 0.402 e. The van der Waals surface area contributed by atoms with Gasteiger partial charge in [-0.1, -0.05) is 19.3 Å². The molecule has 0 saturated heterocycles. The predicted octanol–water partition coefficient (Wildman–Crippen LogP) is 0.976. The van der Waals surface area contributed by atoms with Crippen LogP contribution in [-0.4, -0.2) is 44.6 Å². The number of halogens is 3. The molecule has 0 amide bonds. The molecule has 114 valence electrons. The third kappa shape index (κ3) is 5.64. The number of rotatable bonds is 6. The van der Waals surface area contributed by atoms with Gasteiger partial charge in [-0.3, -0.25) is 0 Å². The van der Waals surface area contributed by atoms with Crippen molar-refractivity contribution in [3.8, 4) is 0 Å². The van der Waals surface area contributed by atoms with Crippen molar-refractivity contribution in [2.75, 3.05) is 19.6 Å². The summed E-state index contributed by atoms with van der Waals surface area (Å²) < 4.78 is 62.9. The van der Waals surface area contributed by atoms with Gasteiger partial charge in [-0.25, -0.2) is 0 Å². The van der Waals surface area contributed by atoms with Gasteiger partial charge in [-0.15, -0.1) is 0 Å². The van der Waals surface area contributed by atoms with Crippen LogP contribution in [0.2, 0.25) is 0 Å². The summed E-state index contributed by atoms with van der Waals surface area (Å²) in [4.78, 5) is 0. The van der Waals surface area contributed by atoms with Gasteiger partial charge < -0.3 is 5.73 Å². The van der Waals surface area contributed by atoms with Crippen LogP contribution in [-0.2, 0) is 10.2 Å². The molecule has 0 aromatic heterocycles. The molecule has 0 aromatic carbocycles. The highest BCUT2D eigenvalue weighted by molar-refractivity contribution is 7.87. The molecule has 0 aromatic rings. The van der Waals surface area contributed by atoms with Crippen LogP contribution in [0, 0.1) is 0 Å². The lowest BCUT2D eigenvalue weighted by atomic mass is 9.95. The van der Waals surface area contributed by atoms with Crippen LogP contribution in [0.4, 0.5) is 13.2 Å². The fourth-order valence-electron chi connectivity index (χ4n) is 2.25. The van der Waals surface area contributed by atoms with E-state index in [9.17, 15) is 21.6 Å². The standard InChI is InChI=1S/C10H20F3N3O2S/c11-10(12,13)8-15-19(17,18)16(7-6-14)9-4-2-1-3-5-9/h9,15H,1-8,14H2. The summed E-state index contributed by atoms with van der Waals surface area (Å²) in [6, 6.07) is -0.247. The first-order valence-electron chi connectivity index (χ1n) is 6.29. The van der Waals surface area contributed by atoms with Crippen molar-refractivity contribution < 1.29 is 21.6 Å². The van der Waals surface area contributed by atoms with Crippen LogP contribution in [0.25, 0.3) is 0 Å². The second kappa shape index (κ2) is 6.87. The second-order valence-electron chi connectivity index (χ2n) is 4.63. The third-order valence-electron chi connectivity index (χ3n) is 3.10. The van der Waals surface area contributed by atoms with Crippen LogP contribution < -0.4 is 10.5 Å². The Morgan fingerprint density at radius 2 is 1.79 bits per heavy atom. The quantitative estimate of drug-likeness (QED) is 0.768. The highest BCUT2D eigenvalue weighted by Gasteiger charge is 2.34. The lowest BCUT2D eigenvalue weighted by Gasteiger charge is -2.33. The Kier molecular flexibility index (Phi) is 6.03. The van der Waals surface area contributed by atoms with E-state index in [4.69, 9.17) is 5.73 Å². The number of nitrogens with one attached hydrogen (secondary N) is 1. The number of hydrogen-bond acceptors (Lipinski definition) is 3. The SMILES string of the molecule is NCCN(C1CCCCC1)S(=O)(=O)NCC(F)(F)F. The molecule has 1 fully saturated rings. The first-order valence-corrected chi connectivity index (χ1v) is 7.73. The zero-order valence-electron chi connectivity index (χ0n) is 10.6. The number of nitrogens with zero attached hydrogens (tertiary/aromatic N) is 1. The molecular weight excluding hydrogens is 283 g/mol. The van der Waals surface area contributed by atoms with E-state index < -0.39 is 22.9 Å². The normalized spacial score (nSPS) is 19.0. The Morgan fingerprint density at radius 3 is 2.26 bits per heavy atom. The van der Waals surface area contributed by atoms with Crippen LogP contribution >= 0.6 is 0 Å². The average molecular weight is 303 g/mol. The topological polar surface area (TPSA) is 75.4 Å². The Morgan fingerprint density at radius 1 is 1.21 bits per heavy atom. The molecule has 0 radical (unpaired) electrons. The highest BCUT2D eigenvalue weighted by atomic mass is 32.2. The number of alkyl halides is 3. The summed E-state index contributed by atoms with van der Waals surface area (Å²) in [5, 5.41) is 0. The zero-order chi connectivity index (χ0) is 14.5. The van der Waals surface area contributed by atoms with E-state index in [2.05, 4.69) is 0 Å². The Balaban J connectivity index is 2.72. The molecule has 3 N–H and O–H groups in total. The van der Waals surface area contributed by atoms with Gasteiger partial charge in [0.2, 0.25) is 0 Å². The third-order valence-corrected chi connectivity index (χ3v) is 4.70. The monoisotopic (exact) mass is 303 g/mol. The molecule has 0 aliphatic heterocycles. The maximum absolute atomic E-state index is 12.1. The van der Waals surface area contributed by atoms with Crippen molar-refractivity contribution >= 4 is 10.2 Å². The summed E-state index contributed by atoms with van der Waals surface area (Å²) in [5.41, 5.74) is 5.36.